The molecule has 0 aromatic carbocycles. The molecule has 70 valence electrons. The summed E-state index contributed by atoms with van der Waals surface area (Å²) >= 11 is 0. The van der Waals surface area contributed by atoms with Crippen LogP contribution in [0.4, 0.5) is 0 Å². The normalized spacial score (nSPS) is 23.3. The molecule has 0 spiro atoms. The Morgan fingerprint density at radius 3 is 2.08 bits per heavy atom. The van der Waals surface area contributed by atoms with E-state index in [1.54, 1.807) is 0 Å². The van der Waals surface area contributed by atoms with Gasteiger partial charge in [-0.05, 0) is 0 Å². The van der Waals surface area contributed by atoms with E-state index in [2.05, 4.69) is 16.0 Å². The van der Waals surface area contributed by atoms with Gasteiger partial charge in [-0.25, -0.2) is 0 Å². The van der Waals surface area contributed by atoms with Crippen LogP contribution >= 0.6 is 12.4 Å². The van der Waals surface area contributed by atoms with Crippen LogP contribution in [-0.2, 0) is 4.79 Å². The lowest BCUT2D eigenvalue weighted by Gasteiger charge is -2.32. The van der Waals surface area contributed by atoms with Crippen LogP contribution in [0.1, 0.15) is 0 Å². The lowest BCUT2D eigenvalue weighted by Crippen LogP contribution is -2.61. The van der Waals surface area contributed by atoms with Gasteiger partial charge in [-0.3, -0.25) is 4.79 Å². The van der Waals surface area contributed by atoms with E-state index in [9.17, 15) is 4.79 Å². The number of amides is 1. The standard InChI is InChI=1S/C7H13N3O.ClH/c11-7(5-1-8-2-5)10-6-3-9-4-6;/h5-6,8-9H,1-4H2,(H,10,11);1H. The first-order valence-electron chi connectivity index (χ1n) is 4.08. The molecule has 2 aliphatic heterocycles. The van der Waals surface area contributed by atoms with E-state index in [4.69, 9.17) is 0 Å². The molecule has 0 aliphatic carbocycles. The first-order valence-corrected chi connectivity index (χ1v) is 4.08. The summed E-state index contributed by atoms with van der Waals surface area (Å²) in [5.41, 5.74) is 0. The molecule has 2 saturated heterocycles. The average Bonchev–Trinajstić information content (AvgIpc) is 1.74. The van der Waals surface area contributed by atoms with Crippen molar-refractivity contribution in [2.24, 2.45) is 5.92 Å². The second-order valence-electron chi connectivity index (χ2n) is 3.22. The summed E-state index contributed by atoms with van der Waals surface area (Å²) in [6.45, 7) is 3.58. The van der Waals surface area contributed by atoms with Gasteiger partial charge in [-0.2, -0.15) is 0 Å². The average molecular weight is 192 g/mol. The van der Waals surface area contributed by atoms with Crippen molar-refractivity contribution in [1.82, 2.24) is 16.0 Å². The van der Waals surface area contributed by atoms with Crippen molar-refractivity contribution in [3.05, 3.63) is 0 Å². The van der Waals surface area contributed by atoms with Gasteiger partial charge in [0.1, 0.15) is 0 Å². The summed E-state index contributed by atoms with van der Waals surface area (Å²) < 4.78 is 0. The molecular formula is C7H14ClN3O. The number of halogens is 1. The van der Waals surface area contributed by atoms with Gasteiger partial charge in [0.2, 0.25) is 5.91 Å². The molecular weight excluding hydrogens is 178 g/mol. The van der Waals surface area contributed by atoms with Gasteiger partial charge >= 0.3 is 0 Å². The third kappa shape index (κ3) is 1.88. The molecule has 2 rings (SSSR count). The van der Waals surface area contributed by atoms with E-state index in [0.29, 0.717) is 6.04 Å². The van der Waals surface area contributed by atoms with E-state index in [-0.39, 0.29) is 24.2 Å². The molecule has 0 saturated carbocycles. The van der Waals surface area contributed by atoms with Gasteiger partial charge in [-0.15, -0.1) is 12.4 Å². The smallest absolute Gasteiger partial charge is 0.225 e. The Kier molecular flexibility index (Phi) is 3.31. The summed E-state index contributed by atoms with van der Waals surface area (Å²) in [7, 11) is 0. The molecule has 0 unspecified atom stereocenters. The minimum absolute atomic E-state index is 0. The monoisotopic (exact) mass is 191 g/mol. The van der Waals surface area contributed by atoms with Gasteiger partial charge in [-0.1, -0.05) is 0 Å². The summed E-state index contributed by atoms with van der Waals surface area (Å²) in [5.74, 6) is 0.450. The second kappa shape index (κ2) is 4.07. The molecule has 4 nitrogen and oxygen atoms in total. The highest BCUT2D eigenvalue weighted by Crippen LogP contribution is 2.03. The van der Waals surface area contributed by atoms with Gasteiger partial charge in [0.15, 0.2) is 0 Å². The SMILES string of the molecule is Cl.O=C(NC1CNC1)C1CNC1. The van der Waals surface area contributed by atoms with E-state index in [1.165, 1.54) is 0 Å². The Morgan fingerprint density at radius 2 is 1.75 bits per heavy atom. The van der Waals surface area contributed by atoms with Gasteiger partial charge in [0, 0.05) is 26.2 Å². The number of hydrogen-bond donors (Lipinski definition) is 3. The van der Waals surface area contributed by atoms with E-state index in [0.717, 1.165) is 26.2 Å². The predicted molar refractivity (Wildman–Crippen MR) is 48.4 cm³/mol. The molecule has 5 heteroatoms. The van der Waals surface area contributed by atoms with Crippen molar-refractivity contribution in [3.63, 3.8) is 0 Å². The van der Waals surface area contributed by atoms with Crippen LogP contribution < -0.4 is 16.0 Å². The van der Waals surface area contributed by atoms with Crippen molar-refractivity contribution < 1.29 is 4.79 Å². The largest absolute Gasteiger partial charge is 0.350 e. The Labute approximate surface area is 77.9 Å². The first kappa shape index (κ1) is 9.77. The highest BCUT2D eigenvalue weighted by molar-refractivity contribution is 5.85. The lowest BCUT2D eigenvalue weighted by atomic mass is 10.0. The van der Waals surface area contributed by atoms with E-state index >= 15 is 0 Å². The fraction of sp³-hybridized carbons (Fsp3) is 0.857. The van der Waals surface area contributed by atoms with Crippen LogP contribution in [0.3, 0.4) is 0 Å². The summed E-state index contributed by atoms with van der Waals surface area (Å²) in [6, 6.07) is 0.392. The Morgan fingerprint density at radius 1 is 1.17 bits per heavy atom. The van der Waals surface area contributed by atoms with Crippen LogP contribution in [0, 0.1) is 5.92 Å². The molecule has 0 bridgehead atoms. The fourth-order valence-electron chi connectivity index (χ4n) is 1.18. The number of carbonyl (C=O) groups is 1. The molecule has 0 radical (unpaired) electrons. The summed E-state index contributed by atoms with van der Waals surface area (Å²) in [5, 5.41) is 9.16. The number of carbonyl (C=O) groups excluding carboxylic acids is 1. The summed E-state index contributed by atoms with van der Waals surface area (Å²) in [4.78, 5) is 11.2. The van der Waals surface area contributed by atoms with Crippen molar-refractivity contribution in [2.75, 3.05) is 26.2 Å². The first-order chi connectivity index (χ1) is 5.36. The minimum Gasteiger partial charge on any atom is -0.350 e. The number of rotatable bonds is 2. The maximum Gasteiger partial charge on any atom is 0.225 e. The van der Waals surface area contributed by atoms with Crippen molar-refractivity contribution in [1.29, 1.82) is 0 Å². The van der Waals surface area contributed by atoms with Crippen molar-refractivity contribution in [2.45, 2.75) is 6.04 Å². The van der Waals surface area contributed by atoms with E-state index < -0.39 is 0 Å². The third-order valence-corrected chi connectivity index (χ3v) is 2.28. The van der Waals surface area contributed by atoms with Gasteiger partial charge < -0.3 is 16.0 Å². The zero-order valence-corrected chi connectivity index (χ0v) is 7.62. The zero-order chi connectivity index (χ0) is 7.68. The molecule has 2 heterocycles. The molecule has 3 N–H and O–H groups in total. The molecule has 2 aliphatic rings. The Balaban J connectivity index is 0.000000720. The van der Waals surface area contributed by atoms with Crippen LogP contribution in [0.15, 0.2) is 0 Å². The van der Waals surface area contributed by atoms with Crippen LogP contribution in [0.5, 0.6) is 0 Å². The molecule has 0 aromatic rings. The van der Waals surface area contributed by atoms with Crippen LogP contribution in [-0.4, -0.2) is 38.1 Å². The lowest BCUT2D eigenvalue weighted by molar-refractivity contribution is -0.127. The predicted octanol–water partition coefficient (Wildman–Crippen LogP) is -1.28. The second-order valence-corrected chi connectivity index (χ2v) is 3.22. The van der Waals surface area contributed by atoms with Gasteiger partial charge in [0.05, 0.1) is 12.0 Å². The quantitative estimate of drug-likeness (QED) is 0.510. The third-order valence-electron chi connectivity index (χ3n) is 2.28. The van der Waals surface area contributed by atoms with Gasteiger partial charge in [0.25, 0.3) is 0 Å². The molecule has 0 aromatic heterocycles. The topological polar surface area (TPSA) is 53.2 Å². The van der Waals surface area contributed by atoms with Crippen molar-refractivity contribution >= 4 is 18.3 Å². The van der Waals surface area contributed by atoms with E-state index in [1.807, 2.05) is 0 Å². The fourth-order valence-corrected chi connectivity index (χ4v) is 1.18. The molecule has 0 atom stereocenters. The Bertz CT molecular complexity index is 168. The Hall–Kier alpha value is -0.320. The molecule has 1 amide bonds. The maximum absolute atomic E-state index is 11.2. The van der Waals surface area contributed by atoms with Crippen LogP contribution in [0.25, 0.3) is 0 Å². The number of nitrogens with one attached hydrogen (secondary N) is 3. The zero-order valence-electron chi connectivity index (χ0n) is 6.80. The number of hydrogen-bond acceptors (Lipinski definition) is 3. The molecule has 2 fully saturated rings. The highest BCUT2D eigenvalue weighted by atomic mass is 35.5. The maximum atomic E-state index is 11.2. The highest BCUT2D eigenvalue weighted by Gasteiger charge is 2.28. The summed E-state index contributed by atoms with van der Waals surface area (Å²) in [6.07, 6.45) is 0. The minimum atomic E-state index is 0. The van der Waals surface area contributed by atoms with Crippen molar-refractivity contribution in [3.8, 4) is 0 Å². The molecule has 12 heavy (non-hydrogen) atoms. The van der Waals surface area contributed by atoms with Crippen LogP contribution in [0.2, 0.25) is 0 Å².